The van der Waals surface area contributed by atoms with Crippen molar-refractivity contribution in [1.29, 1.82) is 0 Å². The Morgan fingerprint density at radius 1 is 1.24 bits per heavy atom. The Labute approximate surface area is 202 Å². The highest BCUT2D eigenvalue weighted by Gasteiger charge is 2.32. The number of carbonyl (C=O) groups is 2. The van der Waals surface area contributed by atoms with Crippen LogP contribution in [-0.4, -0.2) is 72.5 Å². The number of nitrogens with zero attached hydrogens (tertiary/aromatic N) is 3. The van der Waals surface area contributed by atoms with Gasteiger partial charge in [-0.15, -0.1) is 0 Å². The van der Waals surface area contributed by atoms with Crippen LogP contribution in [0.1, 0.15) is 68.6 Å². The summed E-state index contributed by atoms with van der Waals surface area (Å²) >= 11 is 6.04. The number of amides is 2. The average Bonchev–Trinajstić information content (AvgIpc) is 2.85. The highest BCUT2D eigenvalue weighted by molar-refractivity contribution is 6.33. The summed E-state index contributed by atoms with van der Waals surface area (Å²) in [5.41, 5.74) is 5.98. The van der Waals surface area contributed by atoms with Crippen molar-refractivity contribution in [2.75, 3.05) is 45.6 Å². The first-order valence-electron chi connectivity index (χ1n) is 12.3. The molecule has 1 unspecified atom stereocenters. The number of hydrogen-bond acceptors (Lipinski definition) is 6. The van der Waals surface area contributed by atoms with E-state index in [2.05, 4.69) is 27.0 Å². The van der Waals surface area contributed by atoms with Crippen LogP contribution in [0.2, 0.25) is 5.02 Å². The molecule has 2 saturated heterocycles. The molecule has 9 heteroatoms. The number of aromatic nitrogens is 1. The molecule has 2 aliphatic heterocycles. The molecule has 1 atom stereocenters. The number of nitrogens with two attached hydrogens (primary N) is 1. The van der Waals surface area contributed by atoms with Gasteiger partial charge in [0.05, 0.1) is 18.2 Å². The van der Waals surface area contributed by atoms with Gasteiger partial charge in [0.1, 0.15) is 11.4 Å². The second-order valence-corrected chi connectivity index (χ2v) is 9.55. The lowest BCUT2D eigenvalue weighted by atomic mass is 9.94. The van der Waals surface area contributed by atoms with Crippen molar-refractivity contribution in [3.8, 4) is 5.88 Å². The molecule has 0 bridgehead atoms. The van der Waals surface area contributed by atoms with Crippen molar-refractivity contribution in [2.24, 2.45) is 5.92 Å². The molecule has 0 saturated carbocycles. The van der Waals surface area contributed by atoms with E-state index in [9.17, 15) is 9.59 Å². The van der Waals surface area contributed by atoms with E-state index in [1.807, 2.05) is 0 Å². The van der Waals surface area contributed by atoms with Gasteiger partial charge in [0.2, 0.25) is 11.8 Å². The zero-order valence-electron chi connectivity index (χ0n) is 19.9. The minimum absolute atomic E-state index is 0.00848. The third-order valence-electron chi connectivity index (χ3n) is 6.83. The van der Waals surface area contributed by atoms with Crippen molar-refractivity contribution in [3.05, 3.63) is 16.7 Å². The maximum absolute atomic E-state index is 13.3. The first kappa shape index (κ1) is 25.6. The number of carbonyl (C=O) groups excluding carboxylic acids is 2. The Balaban J connectivity index is 1.53. The van der Waals surface area contributed by atoms with E-state index in [-0.39, 0.29) is 34.2 Å². The topological polar surface area (TPSA) is 101 Å². The molecule has 184 valence electrons. The lowest BCUT2D eigenvalue weighted by molar-refractivity contribution is -0.139. The number of nitrogen functional groups attached to an aromatic ring is 1. The molecular formula is C24H38ClN5O3. The molecule has 0 spiro atoms. The summed E-state index contributed by atoms with van der Waals surface area (Å²) in [7, 11) is 1.45. The minimum Gasteiger partial charge on any atom is -0.480 e. The van der Waals surface area contributed by atoms with Crippen LogP contribution in [0.4, 0.5) is 5.82 Å². The highest BCUT2D eigenvalue weighted by atomic mass is 35.5. The second kappa shape index (κ2) is 12.4. The summed E-state index contributed by atoms with van der Waals surface area (Å²) in [5.74, 6) is 0.707. The predicted octanol–water partition coefficient (Wildman–Crippen LogP) is 3.34. The molecule has 1 aromatic rings. The van der Waals surface area contributed by atoms with Gasteiger partial charge in [-0.1, -0.05) is 31.4 Å². The van der Waals surface area contributed by atoms with Crippen LogP contribution in [0.5, 0.6) is 5.88 Å². The highest BCUT2D eigenvalue weighted by Crippen LogP contribution is 2.26. The molecule has 2 fully saturated rings. The number of hydrogen-bond donors (Lipinski definition) is 2. The third-order valence-corrected chi connectivity index (χ3v) is 7.13. The van der Waals surface area contributed by atoms with Crippen LogP contribution in [0.3, 0.4) is 0 Å². The fourth-order valence-corrected chi connectivity index (χ4v) is 4.94. The van der Waals surface area contributed by atoms with Gasteiger partial charge >= 0.3 is 0 Å². The molecule has 8 nitrogen and oxygen atoms in total. The number of methoxy groups -OCH3 is 1. The number of rotatable bonds is 9. The fourth-order valence-electron chi connectivity index (χ4n) is 4.79. The maximum atomic E-state index is 13.3. The zero-order chi connectivity index (χ0) is 23.8. The monoisotopic (exact) mass is 479 g/mol. The van der Waals surface area contributed by atoms with E-state index in [0.717, 1.165) is 71.1 Å². The first-order valence-corrected chi connectivity index (χ1v) is 12.6. The lowest BCUT2D eigenvalue weighted by Gasteiger charge is -2.40. The van der Waals surface area contributed by atoms with Crippen LogP contribution in [-0.2, 0) is 4.79 Å². The number of halogens is 1. The molecule has 0 aliphatic carbocycles. The first-order chi connectivity index (χ1) is 15.9. The summed E-state index contributed by atoms with van der Waals surface area (Å²) in [6.45, 7) is 6.31. The molecule has 3 rings (SSSR count). The number of anilines is 1. The average molecular weight is 480 g/mol. The Morgan fingerprint density at radius 3 is 2.58 bits per heavy atom. The smallest absolute Gasteiger partial charge is 0.256 e. The molecule has 0 aromatic carbocycles. The van der Waals surface area contributed by atoms with E-state index in [1.54, 1.807) is 0 Å². The lowest BCUT2D eigenvalue weighted by Crippen LogP contribution is -2.52. The molecule has 3 heterocycles. The normalized spacial score (nSPS) is 18.7. The minimum atomic E-state index is -0.273. The molecule has 2 amide bonds. The summed E-state index contributed by atoms with van der Waals surface area (Å²) in [6, 6.07) is 1.48. The van der Waals surface area contributed by atoms with E-state index in [4.69, 9.17) is 22.1 Å². The quantitative estimate of drug-likeness (QED) is 0.563. The number of likely N-dealkylation sites (tertiary alicyclic amines) is 2. The van der Waals surface area contributed by atoms with Gasteiger partial charge in [0.25, 0.3) is 5.91 Å². The van der Waals surface area contributed by atoms with Gasteiger partial charge in [-0.25, -0.2) is 0 Å². The zero-order valence-corrected chi connectivity index (χ0v) is 20.7. The van der Waals surface area contributed by atoms with E-state index in [1.165, 1.54) is 19.6 Å². The van der Waals surface area contributed by atoms with Crippen molar-refractivity contribution in [1.82, 2.24) is 20.1 Å². The molecule has 0 radical (unpaired) electrons. The van der Waals surface area contributed by atoms with E-state index < -0.39 is 0 Å². The predicted molar refractivity (Wildman–Crippen MR) is 131 cm³/mol. The molecule has 3 N–H and O–H groups in total. The molecule has 1 aromatic heterocycles. The number of ether oxygens (including phenoxy) is 1. The molecular weight excluding hydrogens is 442 g/mol. The summed E-state index contributed by atoms with van der Waals surface area (Å²) in [6.07, 6.45) is 8.46. The van der Waals surface area contributed by atoms with Gasteiger partial charge in [-0.3, -0.25) is 14.5 Å². The SMILES string of the molecule is CCCCC(C(=O)N1CCCCC1)N1CCC(CNC(=O)c2cc(Cl)c(N)nc2OC)CC1. The summed E-state index contributed by atoms with van der Waals surface area (Å²) < 4.78 is 5.19. The molecule has 33 heavy (non-hydrogen) atoms. The summed E-state index contributed by atoms with van der Waals surface area (Å²) in [5, 5.41) is 3.22. The number of piperidine rings is 2. The van der Waals surface area contributed by atoms with Crippen molar-refractivity contribution < 1.29 is 14.3 Å². The van der Waals surface area contributed by atoms with Crippen LogP contribution in [0.25, 0.3) is 0 Å². The Bertz CT molecular complexity index is 808. The van der Waals surface area contributed by atoms with Crippen LogP contribution < -0.4 is 15.8 Å². The van der Waals surface area contributed by atoms with Gasteiger partial charge in [-0.2, -0.15) is 4.98 Å². The Kier molecular flexibility index (Phi) is 9.62. The third kappa shape index (κ3) is 6.73. The Hall–Kier alpha value is -2.06. The van der Waals surface area contributed by atoms with Gasteiger partial charge in [0, 0.05) is 19.6 Å². The van der Waals surface area contributed by atoms with Crippen molar-refractivity contribution in [2.45, 2.75) is 64.3 Å². The number of unbranched alkanes of at least 4 members (excludes halogenated alkanes) is 1. The van der Waals surface area contributed by atoms with E-state index >= 15 is 0 Å². The fraction of sp³-hybridized carbons (Fsp3) is 0.708. The van der Waals surface area contributed by atoms with Gasteiger partial charge < -0.3 is 20.7 Å². The molecule has 2 aliphatic rings. The van der Waals surface area contributed by atoms with E-state index in [0.29, 0.717) is 18.4 Å². The largest absolute Gasteiger partial charge is 0.480 e. The van der Waals surface area contributed by atoms with Crippen molar-refractivity contribution in [3.63, 3.8) is 0 Å². The van der Waals surface area contributed by atoms with Gasteiger partial charge in [-0.05, 0) is 63.6 Å². The van der Waals surface area contributed by atoms with Gasteiger partial charge in [0.15, 0.2) is 0 Å². The van der Waals surface area contributed by atoms with Crippen LogP contribution in [0.15, 0.2) is 6.07 Å². The number of nitrogens with one attached hydrogen (secondary N) is 1. The van der Waals surface area contributed by atoms with Crippen LogP contribution >= 0.6 is 11.6 Å². The Morgan fingerprint density at radius 2 is 1.94 bits per heavy atom. The number of pyridine rings is 1. The maximum Gasteiger partial charge on any atom is 0.256 e. The summed E-state index contributed by atoms with van der Waals surface area (Å²) in [4.78, 5) is 34.4. The standard InChI is InChI=1S/C24H38ClN5O3/c1-3-4-8-20(24(32)30-11-6-5-7-12-30)29-13-9-17(10-14-29)16-27-22(31)18-15-19(25)21(26)28-23(18)33-2/h15,17,20H,3-14,16H2,1-2H3,(H2,26,28)(H,27,31). The van der Waals surface area contributed by atoms with Crippen molar-refractivity contribution >= 4 is 29.2 Å². The second-order valence-electron chi connectivity index (χ2n) is 9.15. The van der Waals surface area contributed by atoms with Crippen LogP contribution in [0, 0.1) is 5.92 Å².